The molecule has 0 fully saturated rings. The maximum atomic E-state index is 10.4. The first kappa shape index (κ1) is 9.89. The quantitative estimate of drug-likeness (QED) is 0.752. The van der Waals surface area contributed by atoms with Gasteiger partial charge in [-0.3, -0.25) is 4.21 Å². The summed E-state index contributed by atoms with van der Waals surface area (Å²) in [6, 6.07) is 5.54. The van der Waals surface area contributed by atoms with E-state index in [1.165, 1.54) is 0 Å². The molecule has 0 amide bonds. The van der Waals surface area contributed by atoms with Crippen LogP contribution in [0.15, 0.2) is 22.7 Å². The van der Waals surface area contributed by atoms with Gasteiger partial charge in [-0.25, -0.2) is 0 Å². The molecule has 0 saturated carbocycles. The van der Waals surface area contributed by atoms with E-state index in [0.717, 1.165) is 15.6 Å². The van der Waals surface area contributed by atoms with Crippen molar-refractivity contribution in [2.45, 2.75) is 12.7 Å². The first-order valence-electron chi connectivity index (χ1n) is 3.41. The largest absolute Gasteiger partial charge is 0.772 e. The Labute approximate surface area is 82.4 Å². The molecule has 0 bridgehead atoms. The third-order valence-corrected chi connectivity index (χ3v) is 3.06. The minimum atomic E-state index is -2.01. The predicted octanol–water partition coefficient (Wildman–Crippen LogP) is 2.14. The molecule has 0 heterocycles. The maximum Gasteiger partial charge on any atom is 0.0356 e. The molecule has 2 nitrogen and oxygen atoms in total. The highest BCUT2D eigenvalue weighted by Gasteiger charge is 2.00. The Kier molecular flexibility index (Phi) is 3.43. The molecular formula is C8H8BrO2S-. The van der Waals surface area contributed by atoms with Gasteiger partial charge in [-0.2, -0.15) is 0 Å². The summed E-state index contributed by atoms with van der Waals surface area (Å²) in [4.78, 5) is 0. The van der Waals surface area contributed by atoms with E-state index < -0.39 is 11.1 Å². The van der Waals surface area contributed by atoms with Gasteiger partial charge in [0.1, 0.15) is 0 Å². The predicted molar refractivity (Wildman–Crippen MR) is 51.5 cm³/mol. The first-order chi connectivity index (χ1) is 5.61. The van der Waals surface area contributed by atoms with Crippen LogP contribution in [0.1, 0.15) is 11.1 Å². The Hall–Kier alpha value is -0.190. The molecule has 12 heavy (non-hydrogen) atoms. The molecule has 0 aliphatic carbocycles. The third-order valence-electron chi connectivity index (χ3n) is 1.65. The van der Waals surface area contributed by atoms with Crippen LogP contribution in [0.25, 0.3) is 0 Å². The van der Waals surface area contributed by atoms with Crippen LogP contribution in [0.4, 0.5) is 0 Å². The lowest BCUT2D eigenvalue weighted by molar-refractivity contribution is 0.536. The molecule has 1 aromatic carbocycles. The van der Waals surface area contributed by atoms with Crippen molar-refractivity contribution in [3.05, 3.63) is 33.8 Å². The van der Waals surface area contributed by atoms with E-state index in [4.69, 9.17) is 0 Å². The average molecular weight is 248 g/mol. The van der Waals surface area contributed by atoms with Crippen molar-refractivity contribution in [2.24, 2.45) is 0 Å². The van der Waals surface area contributed by atoms with E-state index in [0.29, 0.717) is 0 Å². The smallest absolute Gasteiger partial charge is 0.0356 e. The summed E-state index contributed by atoms with van der Waals surface area (Å²) in [5.41, 5.74) is 1.83. The van der Waals surface area contributed by atoms with E-state index >= 15 is 0 Å². The topological polar surface area (TPSA) is 40.1 Å². The van der Waals surface area contributed by atoms with Gasteiger partial charge in [0, 0.05) is 10.2 Å². The Balaban J connectivity index is 3.00. The molecule has 66 valence electrons. The molecule has 0 aliphatic heterocycles. The minimum Gasteiger partial charge on any atom is -0.772 e. The second-order valence-corrected chi connectivity index (χ2v) is 4.22. The molecular weight excluding hydrogens is 240 g/mol. The highest BCUT2D eigenvalue weighted by atomic mass is 79.9. The molecule has 1 unspecified atom stereocenters. The minimum absolute atomic E-state index is 0.0886. The molecule has 0 N–H and O–H groups in total. The molecule has 4 heteroatoms. The van der Waals surface area contributed by atoms with Gasteiger partial charge < -0.3 is 4.55 Å². The monoisotopic (exact) mass is 247 g/mol. The zero-order chi connectivity index (χ0) is 9.14. The van der Waals surface area contributed by atoms with Crippen LogP contribution < -0.4 is 0 Å². The van der Waals surface area contributed by atoms with E-state index in [2.05, 4.69) is 15.9 Å². The normalized spacial score (nSPS) is 12.9. The summed E-state index contributed by atoms with van der Waals surface area (Å²) in [5, 5.41) is 0. The van der Waals surface area contributed by atoms with Crippen molar-refractivity contribution in [1.29, 1.82) is 0 Å². The third kappa shape index (κ3) is 2.40. The van der Waals surface area contributed by atoms with Crippen LogP contribution in [-0.4, -0.2) is 8.76 Å². The molecule has 0 spiro atoms. The maximum absolute atomic E-state index is 10.4. The van der Waals surface area contributed by atoms with Crippen molar-refractivity contribution in [2.75, 3.05) is 0 Å². The molecule has 1 atom stereocenters. The van der Waals surface area contributed by atoms with Gasteiger partial charge in [-0.15, -0.1) is 0 Å². The lowest BCUT2D eigenvalue weighted by atomic mass is 10.1. The summed E-state index contributed by atoms with van der Waals surface area (Å²) in [7, 11) is 0. The van der Waals surface area contributed by atoms with Gasteiger partial charge in [0.25, 0.3) is 0 Å². The van der Waals surface area contributed by atoms with Crippen LogP contribution in [0, 0.1) is 6.92 Å². The number of hydrogen-bond donors (Lipinski definition) is 0. The van der Waals surface area contributed by atoms with E-state index in [1.54, 1.807) is 0 Å². The lowest BCUT2D eigenvalue weighted by Gasteiger charge is -2.08. The summed E-state index contributed by atoms with van der Waals surface area (Å²) >= 11 is 1.33. The fourth-order valence-electron chi connectivity index (χ4n) is 0.935. The number of hydrogen-bond acceptors (Lipinski definition) is 2. The Morgan fingerprint density at radius 2 is 2.25 bits per heavy atom. The van der Waals surface area contributed by atoms with Crippen molar-refractivity contribution < 1.29 is 8.76 Å². The molecule has 0 aliphatic rings. The molecule has 0 saturated heterocycles. The van der Waals surface area contributed by atoms with Crippen LogP contribution in [-0.2, 0) is 16.8 Å². The first-order valence-corrected chi connectivity index (χ1v) is 5.45. The van der Waals surface area contributed by atoms with Gasteiger partial charge in [0.2, 0.25) is 0 Å². The van der Waals surface area contributed by atoms with Gasteiger partial charge in [-0.05, 0) is 24.1 Å². The molecule has 1 rings (SSSR count). The van der Waals surface area contributed by atoms with Crippen molar-refractivity contribution in [3.63, 3.8) is 0 Å². The van der Waals surface area contributed by atoms with Crippen LogP contribution >= 0.6 is 15.9 Å². The van der Waals surface area contributed by atoms with Gasteiger partial charge in [-0.1, -0.05) is 39.1 Å². The Bertz CT molecular complexity index is 312. The van der Waals surface area contributed by atoms with E-state index in [9.17, 15) is 8.76 Å². The van der Waals surface area contributed by atoms with Crippen molar-refractivity contribution in [1.82, 2.24) is 0 Å². The lowest BCUT2D eigenvalue weighted by Crippen LogP contribution is -1.96. The Morgan fingerprint density at radius 1 is 1.58 bits per heavy atom. The fraction of sp³-hybridized carbons (Fsp3) is 0.250. The second kappa shape index (κ2) is 4.16. The van der Waals surface area contributed by atoms with E-state index in [1.807, 2.05) is 25.1 Å². The second-order valence-electron chi connectivity index (χ2n) is 2.47. The standard InChI is InChI=1S/C8H9BrO2S/c1-6-7(5-12(10)11)3-2-4-8(6)9/h2-4H,5H2,1H3,(H,10,11)/p-1. The van der Waals surface area contributed by atoms with Crippen molar-refractivity contribution >= 4 is 27.0 Å². The number of rotatable bonds is 2. The highest BCUT2D eigenvalue weighted by molar-refractivity contribution is 9.10. The average Bonchev–Trinajstić information content (AvgIpc) is 1.98. The van der Waals surface area contributed by atoms with Gasteiger partial charge in [0.15, 0.2) is 0 Å². The SMILES string of the molecule is Cc1c(Br)cccc1CS(=O)[O-]. The van der Waals surface area contributed by atoms with Crippen molar-refractivity contribution in [3.8, 4) is 0 Å². The van der Waals surface area contributed by atoms with Crippen LogP contribution in [0.2, 0.25) is 0 Å². The molecule has 1 aromatic rings. The summed E-state index contributed by atoms with van der Waals surface area (Å²) < 4.78 is 21.8. The number of benzene rings is 1. The zero-order valence-corrected chi connectivity index (χ0v) is 8.94. The summed E-state index contributed by atoms with van der Waals surface area (Å²) in [6.45, 7) is 1.90. The zero-order valence-electron chi connectivity index (χ0n) is 6.54. The molecule has 0 radical (unpaired) electrons. The van der Waals surface area contributed by atoms with Gasteiger partial charge in [0.05, 0.1) is 0 Å². The van der Waals surface area contributed by atoms with Crippen LogP contribution in [0.3, 0.4) is 0 Å². The summed E-state index contributed by atoms with van der Waals surface area (Å²) in [5.74, 6) is 0.0886. The fourth-order valence-corrected chi connectivity index (χ4v) is 1.91. The molecule has 0 aromatic heterocycles. The van der Waals surface area contributed by atoms with Crippen LogP contribution in [0.5, 0.6) is 0 Å². The Morgan fingerprint density at radius 3 is 2.83 bits per heavy atom. The number of halogens is 1. The summed E-state index contributed by atoms with van der Waals surface area (Å²) in [6.07, 6.45) is 0. The van der Waals surface area contributed by atoms with E-state index in [-0.39, 0.29) is 5.75 Å². The van der Waals surface area contributed by atoms with Gasteiger partial charge >= 0.3 is 0 Å². The highest BCUT2D eigenvalue weighted by Crippen LogP contribution is 2.19.